The second-order valence-electron chi connectivity index (χ2n) is 9.21. The molecule has 159 valence electrons. The van der Waals surface area contributed by atoms with E-state index < -0.39 is 13.9 Å². The van der Waals surface area contributed by atoms with Crippen LogP contribution < -0.4 is 10.4 Å². The molecule has 0 radical (unpaired) electrons. The molecule has 0 saturated carbocycles. The van der Waals surface area contributed by atoms with Gasteiger partial charge in [0.15, 0.2) is 0 Å². The average Bonchev–Trinajstić information content (AvgIpc) is 2.79. The van der Waals surface area contributed by atoms with Crippen LogP contribution in [0.25, 0.3) is 0 Å². The summed E-state index contributed by atoms with van der Waals surface area (Å²) in [5.41, 5.74) is -0.840. The Morgan fingerprint density at radius 2 is 1.62 bits per heavy atom. The molecule has 1 saturated heterocycles. The Morgan fingerprint density at radius 3 is 2.10 bits per heavy atom. The molecule has 1 heterocycles. The van der Waals surface area contributed by atoms with E-state index in [2.05, 4.69) is 107 Å². The first-order valence-electron chi connectivity index (χ1n) is 10.1. The van der Waals surface area contributed by atoms with Crippen LogP contribution >= 0.6 is 22.9 Å². The highest BCUT2D eigenvalue weighted by molar-refractivity contribution is 14.1. The lowest BCUT2D eigenvalue weighted by Gasteiger charge is -2.56. The molecule has 0 unspecified atom stereocenters. The zero-order valence-corrected chi connectivity index (χ0v) is 20.9. The summed E-state index contributed by atoms with van der Waals surface area (Å²) in [5.74, 6) is 0. The van der Waals surface area contributed by atoms with E-state index in [0.717, 1.165) is 6.54 Å². The Hall–Kier alpha value is -0.773. The zero-order valence-electron chi connectivity index (χ0n) is 17.8. The maximum absolute atomic E-state index is 10.5. The van der Waals surface area contributed by atoms with Crippen LogP contribution in [0.2, 0.25) is 5.04 Å². The molecule has 3 rings (SSSR count). The number of ether oxygens (including phenoxy) is 1. The van der Waals surface area contributed by atoms with Crippen LogP contribution in [0, 0.1) is 0 Å². The summed E-state index contributed by atoms with van der Waals surface area (Å²) in [5, 5.41) is 12.9. The van der Waals surface area contributed by atoms with Crippen molar-refractivity contribution in [2.75, 3.05) is 26.3 Å². The minimum atomic E-state index is -2.57. The van der Waals surface area contributed by atoms with Crippen molar-refractivity contribution < 1.29 is 14.3 Å². The number of nitrogens with zero attached hydrogens (tertiary/aromatic N) is 1. The van der Waals surface area contributed by atoms with Crippen LogP contribution in [-0.2, 0) is 9.16 Å². The fraction of sp³-hybridized carbons (Fsp3) is 0.478. The Morgan fingerprint density at radius 1 is 1.10 bits per heavy atom. The van der Waals surface area contributed by atoms with Crippen LogP contribution in [0.5, 0.6) is 0 Å². The van der Waals surface area contributed by atoms with E-state index in [1.807, 2.05) is 6.92 Å². The van der Waals surface area contributed by atoms with Gasteiger partial charge in [-0.05, 0) is 6.92 Å². The van der Waals surface area contributed by atoms with Crippen LogP contribution in [-0.4, -0.2) is 54.5 Å². The molecule has 2 aromatic carbocycles. The van der Waals surface area contributed by atoms with Crippen LogP contribution in [0.1, 0.15) is 27.7 Å². The molecule has 0 spiro atoms. The summed E-state index contributed by atoms with van der Waals surface area (Å²) >= 11 is 2.27. The van der Waals surface area contributed by atoms with Gasteiger partial charge in [-0.2, -0.15) is 10.4 Å². The molecule has 0 aliphatic carbocycles. The highest BCUT2D eigenvalue weighted by atomic mass is 127. The highest BCUT2D eigenvalue weighted by Gasteiger charge is 2.38. The fourth-order valence-corrected chi connectivity index (χ4v) is 9.90. The molecule has 1 fully saturated rings. The van der Waals surface area contributed by atoms with E-state index in [1.165, 1.54) is 10.4 Å². The molecule has 4 nitrogen and oxygen atoms in total. The fourth-order valence-electron chi connectivity index (χ4n) is 4.13. The maximum atomic E-state index is 10.5. The zero-order chi connectivity index (χ0) is 21.1. The van der Waals surface area contributed by atoms with Gasteiger partial charge in [-0.1, -0.05) is 81.4 Å². The van der Waals surface area contributed by atoms with Crippen molar-refractivity contribution >= 4 is 41.6 Å². The van der Waals surface area contributed by atoms with Gasteiger partial charge in [-0.15, -0.1) is 5.04 Å². The van der Waals surface area contributed by atoms with Crippen molar-refractivity contribution in [1.82, 2.24) is 3.11 Å². The summed E-state index contributed by atoms with van der Waals surface area (Å²) < 4.78 is 15.2. The quantitative estimate of drug-likeness (QED) is 0.370. The van der Waals surface area contributed by atoms with Gasteiger partial charge >= 0.3 is 0 Å². The molecule has 2 atom stereocenters. The number of aliphatic hydroxyl groups is 1. The van der Waals surface area contributed by atoms with E-state index in [-0.39, 0.29) is 11.1 Å². The van der Waals surface area contributed by atoms with Crippen LogP contribution in [0.3, 0.4) is 0 Å². The third-order valence-electron chi connectivity index (χ3n) is 5.45. The van der Waals surface area contributed by atoms with Crippen molar-refractivity contribution in [2.45, 2.75) is 44.4 Å². The van der Waals surface area contributed by atoms with E-state index in [0.29, 0.717) is 19.8 Å². The smallest absolute Gasteiger partial charge is 0.0986 e. The summed E-state index contributed by atoms with van der Waals surface area (Å²) in [6.45, 7) is 10.8. The van der Waals surface area contributed by atoms with E-state index in [4.69, 9.17) is 9.16 Å². The summed E-state index contributed by atoms with van der Waals surface area (Å²) in [6, 6.07) is 21.3. The molecular weight excluding hydrogens is 493 g/mol. The van der Waals surface area contributed by atoms with Crippen molar-refractivity contribution in [3.8, 4) is 0 Å². The van der Waals surface area contributed by atoms with Crippen LogP contribution in [0.4, 0.5) is 0 Å². The third kappa shape index (κ3) is 5.29. The molecule has 6 heteroatoms. The Labute approximate surface area is 189 Å². The van der Waals surface area contributed by atoms with Crippen LogP contribution in [0.15, 0.2) is 60.7 Å². The number of halogens is 1. The molecule has 1 aliphatic heterocycles. The molecule has 29 heavy (non-hydrogen) atoms. The first-order valence-corrected chi connectivity index (χ1v) is 13.0. The molecular formula is C23H32INO3Si-. The van der Waals surface area contributed by atoms with E-state index in [9.17, 15) is 5.11 Å². The normalized spacial score (nSPS) is 24.3. The van der Waals surface area contributed by atoms with Gasteiger partial charge in [0.05, 0.1) is 26.6 Å². The van der Waals surface area contributed by atoms with Gasteiger partial charge in [-0.25, -0.2) is 3.11 Å². The minimum absolute atomic E-state index is 0.0596. The number of β-amino-alcohol motifs (C(OH)–C–C–N with tert-alkyl or cyclic N) is 1. The highest BCUT2D eigenvalue weighted by Crippen LogP contribution is 2.37. The molecule has 0 aromatic heterocycles. The lowest BCUT2D eigenvalue weighted by Crippen LogP contribution is -2.67. The van der Waals surface area contributed by atoms with Gasteiger partial charge in [0.1, 0.15) is 0 Å². The second kappa shape index (κ2) is 9.16. The summed E-state index contributed by atoms with van der Waals surface area (Å²) in [6.07, 6.45) is -0.0810. The number of hydrogen-bond donors (Lipinski definition) is 1. The van der Waals surface area contributed by atoms with Gasteiger partial charge in [0.25, 0.3) is 0 Å². The van der Waals surface area contributed by atoms with E-state index in [1.54, 1.807) is 0 Å². The Balaban J connectivity index is 1.96. The molecule has 0 amide bonds. The number of benzene rings is 2. The van der Waals surface area contributed by atoms with E-state index >= 15 is 0 Å². The average molecular weight is 526 g/mol. The lowest BCUT2D eigenvalue weighted by atomic mass is 10.1. The Kier molecular flexibility index (Phi) is 7.23. The molecule has 1 N–H and O–H groups in total. The molecule has 0 bridgehead atoms. The molecule has 1 aliphatic rings. The van der Waals surface area contributed by atoms with Crippen molar-refractivity contribution in [3.63, 3.8) is 0 Å². The third-order valence-corrected chi connectivity index (χ3v) is 11.2. The predicted octanol–water partition coefficient (Wildman–Crippen LogP) is 3.36. The van der Waals surface area contributed by atoms with Crippen molar-refractivity contribution in [2.24, 2.45) is 0 Å². The summed E-state index contributed by atoms with van der Waals surface area (Å²) in [7, 11) is -2.57. The van der Waals surface area contributed by atoms with Gasteiger partial charge in [-0.3, -0.25) is 0 Å². The molecule has 2 aromatic rings. The van der Waals surface area contributed by atoms with Gasteiger partial charge in [0, 0.05) is 42.6 Å². The standard InChI is InChI=1S/C23H32INO3Si/c1-22(2,3)29(20-11-7-5-8-12-20,21-13-9-6-10-14-21)28-16-19-15-25(24)17-23(4,26)18-27-19/h5-14,19,26H,15-18H2,1-4H3/q-1/t19-,23+/m1/s1. The summed E-state index contributed by atoms with van der Waals surface area (Å²) in [4.78, 5) is 0. The number of rotatable bonds is 5. The maximum Gasteiger partial charge on any atom is 0.0986 e. The monoisotopic (exact) mass is 525 g/mol. The van der Waals surface area contributed by atoms with Crippen molar-refractivity contribution in [1.29, 1.82) is 0 Å². The van der Waals surface area contributed by atoms with Gasteiger partial charge in [0.2, 0.25) is 0 Å². The minimum Gasteiger partial charge on any atom is -0.556 e. The Bertz CT molecular complexity index is 740. The first kappa shape index (κ1) is 22.9. The second-order valence-corrected chi connectivity index (χ2v) is 14.9. The predicted molar refractivity (Wildman–Crippen MR) is 130 cm³/mol. The number of hydrogen-bond acceptors (Lipinski definition) is 4. The largest absolute Gasteiger partial charge is 0.556 e. The lowest BCUT2D eigenvalue weighted by molar-refractivity contribution is -0.0513. The topological polar surface area (TPSA) is 41.9 Å². The first-order chi connectivity index (χ1) is 13.6. The van der Waals surface area contributed by atoms with Gasteiger partial charge < -0.3 is 14.3 Å². The SMILES string of the molecule is CC(C)(C)[Si-](OC[C@H]1CN(I)C[C@](C)(O)CO1)(c1ccccc1)c1ccccc1. The van der Waals surface area contributed by atoms with Crippen molar-refractivity contribution in [3.05, 3.63) is 60.7 Å².